The van der Waals surface area contributed by atoms with E-state index in [0.717, 1.165) is 23.2 Å². The fraction of sp³-hybridized carbons (Fsp3) is 0.263. The first kappa shape index (κ1) is 15.6. The van der Waals surface area contributed by atoms with Gasteiger partial charge in [0.05, 0.1) is 29.8 Å². The first-order valence-electron chi connectivity index (χ1n) is 8.13. The maximum absolute atomic E-state index is 13.7. The van der Waals surface area contributed by atoms with Gasteiger partial charge in [-0.15, -0.1) is 0 Å². The van der Waals surface area contributed by atoms with Crippen molar-refractivity contribution in [2.24, 2.45) is 5.92 Å². The van der Waals surface area contributed by atoms with Gasteiger partial charge in [-0.2, -0.15) is 0 Å². The third-order valence-corrected chi connectivity index (χ3v) is 5.06. The largest absolute Gasteiger partial charge is 0.494 e. The summed E-state index contributed by atoms with van der Waals surface area (Å²) >= 11 is 0. The summed E-state index contributed by atoms with van der Waals surface area (Å²) in [7, 11) is 1.49. The normalized spacial score (nSPS) is 23.5. The predicted molar refractivity (Wildman–Crippen MR) is 92.4 cm³/mol. The first-order chi connectivity index (χ1) is 12.1. The Hall–Kier alpha value is -2.89. The highest BCUT2D eigenvalue weighted by Crippen LogP contribution is 2.53. The molecule has 0 saturated heterocycles. The van der Waals surface area contributed by atoms with E-state index in [1.54, 1.807) is 12.1 Å². The molecule has 1 N–H and O–H groups in total. The molecule has 0 fully saturated rings. The van der Waals surface area contributed by atoms with Crippen molar-refractivity contribution in [3.63, 3.8) is 0 Å². The Morgan fingerprint density at radius 3 is 2.88 bits per heavy atom. The molecular formula is C19H17FN2O3. The van der Waals surface area contributed by atoms with Crippen LogP contribution in [0.15, 0.2) is 48.6 Å². The molecule has 0 saturated carbocycles. The van der Waals surface area contributed by atoms with Crippen molar-refractivity contribution in [1.82, 2.24) is 0 Å². The van der Waals surface area contributed by atoms with Crippen LogP contribution in [0.1, 0.15) is 29.5 Å². The quantitative estimate of drug-likeness (QED) is 0.505. The summed E-state index contributed by atoms with van der Waals surface area (Å²) in [5.74, 6) is 0.381. The second-order valence-electron chi connectivity index (χ2n) is 6.40. The molecule has 0 aromatic heterocycles. The molecule has 4 rings (SSSR count). The molecule has 0 amide bonds. The van der Waals surface area contributed by atoms with Crippen molar-refractivity contribution < 1.29 is 14.1 Å². The van der Waals surface area contributed by atoms with Crippen molar-refractivity contribution in [3.8, 4) is 5.75 Å². The van der Waals surface area contributed by atoms with Crippen molar-refractivity contribution in [2.45, 2.75) is 18.4 Å². The van der Waals surface area contributed by atoms with E-state index in [0.29, 0.717) is 5.75 Å². The fourth-order valence-corrected chi connectivity index (χ4v) is 3.95. The van der Waals surface area contributed by atoms with E-state index in [1.807, 2.05) is 6.07 Å². The summed E-state index contributed by atoms with van der Waals surface area (Å²) in [5.41, 5.74) is 2.48. The zero-order valence-corrected chi connectivity index (χ0v) is 13.6. The number of halogens is 1. The lowest BCUT2D eigenvalue weighted by Crippen LogP contribution is -2.29. The highest BCUT2D eigenvalue weighted by molar-refractivity contribution is 5.71. The number of nitrogens with one attached hydrogen (secondary N) is 1. The minimum Gasteiger partial charge on any atom is -0.494 e. The van der Waals surface area contributed by atoms with Crippen LogP contribution in [0.4, 0.5) is 15.8 Å². The van der Waals surface area contributed by atoms with E-state index in [-0.39, 0.29) is 29.4 Å². The maximum Gasteiger partial charge on any atom is 0.273 e. The number of nitro groups is 1. The van der Waals surface area contributed by atoms with E-state index in [2.05, 4.69) is 17.5 Å². The Balaban J connectivity index is 1.85. The summed E-state index contributed by atoms with van der Waals surface area (Å²) in [5, 5.41) is 14.7. The van der Waals surface area contributed by atoms with E-state index < -0.39 is 4.92 Å². The van der Waals surface area contributed by atoms with Gasteiger partial charge in [0.2, 0.25) is 0 Å². The van der Waals surface area contributed by atoms with E-state index >= 15 is 0 Å². The highest BCUT2D eigenvalue weighted by atomic mass is 19.1. The van der Waals surface area contributed by atoms with E-state index in [4.69, 9.17) is 4.74 Å². The van der Waals surface area contributed by atoms with Gasteiger partial charge in [-0.3, -0.25) is 10.1 Å². The molecule has 2 aliphatic rings. The standard InChI is InChI=1S/C19H17FN2O3/c1-25-17-10-13(22(23)24)9-16-14-6-3-7-15(14)18(21-19(16)17)11-4-2-5-12(20)8-11/h2-6,8-10,14-15,18,21H,7H2,1H3/t14-,15-,18+/m0/s1. The Bertz CT molecular complexity index is 881. The predicted octanol–water partition coefficient (Wildman–Crippen LogP) is 4.57. The molecule has 1 heterocycles. The molecule has 0 spiro atoms. The van der Waals surface area contributed by atoms with Crippen LogP contribution in [0.3, 0.4) is 0 Å². The number of methoxy groups -OCH3 is 1. The highest BCUT2D eigenvalue weighted by Gasteiger charge is 2.40. The van der Waals surface area contributed by atoms with Crippen LogP contribution in [-0.4, -0.2) is 12.0 Å². The van der Waals surface area contributed by atoms with E-state index in [9.17, 15) is 14.5 Å². The summed E-state index contributed by atoms with van der Waals surface area (Å²) in [6.45, 7) is 0. The lowest BCUT2D eigenvalue weighted by atomic mass is 9.76. The fourth-order valence-electron chi connectivity index (χ4n) is 3.95. The Kier molecular flexibility index (Phi) is 3.67. The van der Waals surface area contributed by atoms with Gasteiger partial charge in [0.15, 0.2) is 0 Å². The molecule has 1 aliphatic heterocycles. The number of anilines is 1. The second-order valence-corrected chi connectivity index (χ2v) is 6.40. The summed E-state index contributed by atoms with van der Waals surface area (Å²) in [6.07, 6.45) is 5.01. The molecule has 2 aromatic carbocycles. The number of allylic oxidation sites excluding steroid dienone is 2. The second kappa shape index (κ2) is 5.88. The van der Waals surface area contributed by atoms with Crippen LogP contribution < -0.4 is 10.1 Å². The van der Waals surface area contributed by atoms with Gasteiger partial charge in [-0.05, 0) is 35.6 Å². The van der Waals surface area contributed by atoms with Crippen molar-refractivity contribution >= 4 is 11.4 Å². The summed E-state index contributed by atoms with van der Waals surface area (Å²) in [4.78, 5) is 10.8. The number of hydrogen-bond acceptors (Lipinski definition) is 4. The van der Waals surface area contributed by atoms with Gasteiger partial charge in [-0.1, -0.05) is 24.3 Å². The molecule has 0 unspecified atom stereocenters. The number of hydrogen-bond donors (Lipinski definition) is 1. The number of non-ortho nitro benzene ring substituents is 1. The maximum atomic E-state index is 13.7. The SMILES string of the molecule is COc1cc([N+](=O)[O-])cc2c1N[C@H](c1cccc(F)c1)[C@H]1CC=C[C@H]21. The van der Waals surface area contributed by atoms with E-state index in [1.165, 1.54) is 25.3 Å². The van der Waals surface area contributed by atoms with Gasteiger partial charge in [-0.25, -0.2) is 4.39 Å². The van der Waals surface area contributed by atoms with Crippen LogP contribution in [0.25, 0.3) is 0 Å². The lowest BCUT2D eigenvalue weighted by Gasteiger charge is -2.38. The number of benzene rings is 2. The molecule has 5 nitrogen and oxygen atoms in total. The molecule has 1 aliphatic carbocycles. The average Bonchev–Trinajstić information content (AvgIpc) is 3.10. The molecule has 3 atom stereocenters. The molecule has 25 heavy (non-hydrogen) atoms. The van der Waals surface area contributed by atoms with Gasteiger partial charge in [0.25, 0.3) is 5.69 Å². The zero-order valence-electron chi connectivity index (χ0n) is 13.6. The van der Waals surface area contributed by atoms with Crippen molar-refractivity contribution in [2.75, 3.05) is 12.4 Å². The van der Waals surface area contributed by atoms with Crippen LogP contribution in [0.5, 0.6) is 5.75 Å². The zero-order chi connectivity index (χ0) is 17.6. The number of nitro benzene ring substituents is 1. The minimum absolute atomic E-state index is 0.0145. The molecule has 0 radical (unpaired) electrons. The third-order valence-electron chi connectivity index (χ3n) is 5.06. The molecule has 6 heteroatoms. The Labute approximate surface area is 144 Å². The van der Waals surface area contributed by atoms with Crippen molar-refractivity contribution in [3.05, 3.63) is 75.6 Å². The van der Waals surface area contributed by atoms with Crippen LogP contribution >= 0.6 is 0 Å². The summed E-state index contributed by atoms with van der Waals surface area (Å²) < 4.78 is 19.1. The molecule has 128 valence electrons. The van der Waals surface area contributed by atoms with Gasteiger partial charge < -0.3 is 10.1 Å². The van der Waals surface area contributed by atoms with Crippen molar-refractivity contribution in [1.29, 1.82) is 0 Å². The Morgan fingerprint density at radius 2 is 2.16 bits per heavy atom. The number of ether oxygens (including phenoxy) is 1. The topological polar surface area (TPSA) is 64.4 Å². The molecule has 2 aromatic rings. The van der Waals surface area contributed by atoms with Gasteiger partial charge >= 0.3 is 0 Å². The molecule has 0 bridgehead atoms. The number of rotatable bonds is 3. The number of nitrogens with zero attached hydrogens (tertiary/aromatic N) is 1. The lowest BCUT2D eigenvalue weighted by molar-refractivity contribution is -0.385. The van der Waals surface area contributed by atoms with Gasteiger partial charge in [0.1, 0.15) is 11.6 Å². The smallest absolute Gasteiger partial charge is 0.273 e. The van der Waals surface area contributed by atoms with Gasteiger partial charge in [0, 0.05) is 12.0 Å². The average molecular weight is 340 g/mol. The summed E-state index contributed by atoms with van der Waals surface area (Å²) in [6, 6.07) is 9.52. The third kappa shape index (κ3) is 2.54. The Morgan fingerprint density at radius 1 is 1.32 bits per heavy atom. The van der Waals surface area contributed by atoms with Crippen LogP contribution in [-0.2, 0) is 0 Å². The first-order valence-corrected chi connectivity index (χ1v) is 8.13. The van der Waals surface area contributed by atoms with Crippen LogP contribution in [0, 0.1) is 21.8 Å². The van der Waals surface area contributed by atoms with Crippen LogP contribution in [0.2, 0.25) is 0 Å². The monoisotopic (exact) mass is 340 g/mol. The molecular weight excluding hydrogens is 323 g/mol. The minimum atomic E-state index is -0.408. The number of fused-ring (bicyclic) bond motifs is 3.